The van der Waals surface area contributed by atoms with Crippen LogP contribution in [0.5, 0.6) is 0 Å². The lowest BCUT2D eigenvalue weighted by Gasteiger charge is -2.28. The highest BCUT2D eigenvalue weighted by Gasteiger charge is 2.18. The fourth-order valence-electron chi connectivity index (χ4n) is 2.53. The predicted molar refractivity (Wildman–Crippen MR) is 65.3 cm³/mol. The lowest BCUT2D eigenvalue weighted by atomic mass is 9.89. The number of methoxy groups -OCH3 is 1. The van der Waals surface area contributed by atoms with Crippen LogP contribution in [0.1, 0.15) is 45.4 Å². The lowest BCUT2D eigenvalue weighted by molar-refractivity contribution is -0.142. The first-order chi connectivity index (χ1) is 7.76. The molecule has 1 rings (SSSR count). The number of rotatable bonds is 6. The topological polar surface area (TPSA) is 29.5 Å². The van der Waals surface area contributed by atoms with E-state index in [0.717, 1.165) is 25.4 Å². The molecule has 0 saturated heterocycles. The molecule has 0 spiro atoms. The maximum atomic E-state index is 11.3. The van der Waals surface area contributed by atoms with E-state index in [0.29, 0.717) is 6.54 Å². The molecule has 0 aliphatic heterocycles. The van der Waals surface area contributed by atoms with Crippen LogP contribution in [-0.2, 0) is 9.53 Å². The molecule has 3 nitrogen and oxygen atoms in total. The summed E-state index contributed by atoms with van der Waals surface area (Å²) in [6.45, 7) is 4.69. The Hall–Kier alpha value is -0.570. The average molecular weight is 227 g/mol. The van der Waals surface area contributed by atoms with Gasteiger partial charge in [-0.2, -0.15) is 0 Å². The van der Waals surface area contributed by atoms with Crippen molar-refractivity contribution >= 4 is 5.97 Å². The van der Waals surface area contributed by atoms with E-state index in [4.69, 9.17) is 4.74 Å². The molecule has 1 aliphatic carbocycles. The Morgan fingerprint density at radius 2 is 2.00 bits per heavy atom. The summed E-state index contributed by atoms with van der Waals surface area (Å²) in [5.41, 5.74) is 0. The Labute approximate surface area is 99.1 Å². The minimum Gasteiger partial charge on any atom is -0.468 e. The summed E-state index contributed by atoms with van der Waals surface area (Å²) < 4.78 is 4.74. The molecule has 0 aromatic rings. The van der Waals surface area contributed by atoms with Crippen molar-refractivity contribution in [3.8, 4) is 0 Å². The minimum absolute atomic E-state index is 0.107. The molecule has 0 heterocycles. The fraction of sp³-hybridized carbons (Fsp3) is 0.923. The Kier molecular flexibility index (Phi) is 6.46. The van der Waals surface area contributed by atoms with Gasteiger partial charge in [0.25, 0.3) is 0 Å². The molecular weight excluding hydrogens is 202 g/mol. The molecule has 16 heavy (non-hydrogen) atoms. The van der Waals surface area contributed by atoms with E-state index in [1.807, 2.05) is 0 Å². The van der Waals surface area contributed by atoms with Gasteiger partial charge in [-0.1, -0.05) is 26.2 Å². The van der Waals surface area contributed by atoms with Crippen molar-refractivity contribution in [2.45, 2.75) is 45.4 Å². The zero-order valence-electron chi connectivity index (χ0n) is 10.7. The standard InChI is InChI=1S/C13H25NO2/c1-3-9-14(11-13(15)16-2)10-12-7-5-4-6-8-12/h12H,3-11H2,1-2H3. The highest BCUT2D eigenvalue weighted by atomic mass is 16.5. The van der Waals surface area contributed by atoms with E-state index >= 15 is 0 Å². The van der Waals surface area contributed by atoms with Crippen LogP contribution in [0.4, 0.5) is 0 Å². The maximum Gasteiger partial charge on any atom is 0.319 e. The van der Waals surface area contributed by atoms with Gasteiger partial charge in [-0.3, -0.25) is 9.69 Å². The molecule has 0 N–H and O–H groups in total. The molecular formula is C13H25NO2. The third-order valence-corrected chi connectivity index (χ3v) is 3.36. The smallest absolute Gasteiger partial charge is 0.319 e. The van der Waals surface area contributed by atoms with Gasteiger partial charge in [0.2, 0.25) is 0 Å². The van der Waals surface area contributed by atoms with Crippen LogP contribution in [0.15, 0.2) is 0 Å². The van der Waals surface area contributed by atoms with E-state index < -0.39 is 0 Å². The third-order valence-electron chi connectivity index (χ3n) is 3.36. The summed E-state index contributed by atoms with van der Waals surface area (Å²) in [4.78, 5) is 13.5. The molecule has 1 fully saturated rings. The molecule has 0 bridgehead atoms. The van der Waals surface area contributed by atoms with Crippen LogP contribution < -0.4 is 0 Å². The van der Waals surface area contributed by atoms with Gasteiger partial charge in [-0.25, -0.2) is 0 Å². The monoisotopic (exact) mass is 227 g/mol. The van der Waals surface area contributed by atoms with Crippen molar-refractivity contribution in [2.75, 3.05) is 26.7 Å². The van der Waals surface area contributed by atoms with Gasteiger partial charge >= 0.3 is 5.97 Å². The molecule has 1 saturated carbocycles. The largest absolute Gasteiger partial charge is 0.468 e. The molecule has 0 aromatic heterocycles. The van der Waals surface area contributed by atoms with Gasteiger partial charge in [0, 0.05) is 6.54 Å². The molecule has 94 valence electrons. The second-order valence-corrected chi connectivity index (χ2v) is 4.82. The van der Waals surface area contributed by atoms with Gasteiger partial charge < -0.3 is 4.74 Å². The van der Waals surface area contributed by atoms with Gasteiger partial charge in [0.15, 0.2) is 0 Å². The Balaban J connectivity index is 2.33. The normalized spacial score (nSPS) is 17.7. The highest BCUT2D eigenvalue weighted by molar-refractivity contribution is 5.71. The predicted octanol–water partition coefficient (Wildman–Crippen LogP) is 2.45. The Morgan fingerprint density at radius 1 is 1.31 bits per heavy atom. The molecule has 1 aliphatic rings. The van der Waals surface area contributed by atoms with E-state index in [9.17, 15) is 4.79 Å². The van der Waals surface area contributed by atoms with Crippen LogP contribution in [0.2, 0.25) is 0 Å². The number of nitrogens with zero attached hydrogens (tertiary/aromatic N) is 1. The van der Waals surface area contributed by atoms with Crippen molar-refractivity contribution in [3.63, 3.8) is 0 Å². The number of hydrogen-bond acceptors (Lipinski definition) is 3. The second-order valence-electron chi connectivity index (χ2n) is 4.82. The molecule has 0 aromatic carbocycles. The number of carbonyl (C=O) groups is 1. The van der Waals surface area contributed by atoms with Gasteiger partial charge in [-0.05, 0) is 31.7 Å². The molecule has 0 unspecified atom stereocenters. The number of carbonyl (C=O) groups excluding carboxylic acids is 1. The zero-order valence-corrected chi connectivity index (χ0v) is 10.7. The number of hydrogen-bond donors (Lipinski definition) is 0. The fourth-order valence-corrected chi connectivity index (χ4v) is 2.53. The summed E-state index contributed by atoms with van der Waals surface area (Å²) in [6, 6.07) is 0. The molecule has 0 atom stereocenters. The van der Waals surface area contributed by atoms with Gasteiger partial charge in [0.1, 0.15) is 0 Å². The van der Waals surface area contributed by atoms with Crippen molar-refractivity contribution in [1.82, 2.24) is 4.90 Å². The van der Waals surface area contributed by atoms with Gasteiger partial charge in [0.05, 0.1) is 13.7 Å². The summed E-state index contributed by atoms with van der Waals surface area (Å²) in [7, 11) is 1.47. The maximum absolute atomic E-state index is 11.3. The first-order valence-electron chi connectivity index (χ1n) is 6.55. The SMILES string of the molecule is CCCN(CC(=O)OC)CC1CCCCC1. The quantitative estimate of drug-likeness (QED) is 0.653. The van der Waals surface area contributed by atoms with Crippen LogP contribution in [0.25, 0.3) is 0 Å². The van der Waals surface area contributed by atoms with Crippen LogP contribution >= 0.6 is 0 Å². The third kappa shape index (κ3) is 4.97. The molecule has 3 heteroatoms. The van der Waals surface area contributed by atoms with E-state index in [1.54, 1.807) is 0 Å². The van der Waals surface area contributed by atoms with Crippen molar-refractivity contribution in [3.05, 3.63) is 0 Å². The van der Waals surface area contributed by atoms with Crippen molar-refractivity contribution in [1.29, 1.82) is 0 Å². The zero-order chi connectivity index (χ0) is 11.8. The summed E-state index contributed by atoms with van der Waals surface area (Å²) in [5.74, 6) is 0.689. The van der Waals surface area contributed by atoms with Crippen LogP contribution in [-0.4, -0.2) is 37.6 Å². The molecule has 0 amide bonds. The highest BCUT2D eigenvalue weighted by Crippen LogP contribution is 2.24. The minimum atomic E-state index is -0.107. The van der Waals surface area contributed by atoms with E-state index in [-0.39, 0.29) is 5.97 Å². The second kappa shape index (κ2) is 7.66. The first kappa shape index (κ1) is 13.5. The Morgan fingerprint density at radius 3 is 2.56 bits per heavy atom. The number of esters is 1. The van der Waals surface area contributed by atoms with Crippen LogP contribution in [0, 0.1) is 5.92 Å². The molecule has 0 radical (unpaired) electrons. The summed E-state index contributed by atoms with van der Waals surface area (Å²) in [6.07, 6.45) is 7.89. The van der Waals surface area contributed by atoms with E-state index in [2.05, 4.69) is 11.8 Å². The Bertz CT molecular complexity index is 200. The van der Waals surface area contributed by atoms with Crippen molar-refractivity contribution in [2.24, 2.45) is 5.92 Å². The van der Waals surface area contributed by atoms with Gasteiger partial charge in [-0.15, -0.1) is 0 Å². The van der Waals surface area contributed by atoms with Crippen LogP contribution in [0.3, 0.4) is 0 Å². The first-order valence-corrected chi connectivity index (χ1v) is 6.55. The number of ether oxygens (including phenoxy) is 1. The van der Waals surface area contributed by atoms with Crippen molar-refractivity contribution < 1.29 is 9.53 Å². The van der Waals surface area contributed by atoms with E-state index in [1.165, 1.54) is 39.2 Å². The average Bonchev–Trinajstić information content (AvgIpc) is 2.30. The summed E-state index contributed by atoms with van der Waals surface area (Å²) >= 11 is 0. The lowest BCUT2D eigenvalue weighted by Crippen LogP contribution is -2.36. The summed E-state index contributed by atoms with van der Waals surface area (Å²) in [5, 5.41) is 0.